The normalized spacial score (nSPS) is 11.8. The number of aromatic nitrogens is 3. The van der Waals surface area contributed by atoms with Crippen LogP contribution >= 0.6 is 22.9 Å². The fourth-order valence-electron chi connectivity index (χ4n) is 2.27. The van der Waals surface area contributed by atoms with Crippen molar-refractivity contribution in [2.45, 2.75) is 12.8 Å². The molecule has 0 aliphatic heterocycles. The highest BCUT2D eigenvalue weighted by Gasteiger charge is 2.39. The van der Waals surface area contributed by atoms with E-state index in [1.54, 1.807) is 24.3 Å². The van der Waals surface area contributed by atoms with Gasteiger partial charge in [-0.05, 0) is 24.3 Å². The lowest BCUT2D eigenvalue weighted by Gasteiger charge is -2.08. The zero-order valence-electron chi connectivity index (χ0n) is 15.1. The van der Waals surface area contributed by atoms with Crippen molar-refractivity contribution >= 4 is 29.2 Å². The SMILES string of the molecule is COc1ccc(Oc2c(/C=N/OCc3cnc(Cl)s3)c(C(F)(F)F)nn2C)cc1. The van der Waals surface area contributed by atoms with Crippen molar-refractivity contribution in [3.8, 4) is 17.4 Å². The van der Waals surface area contributed by atoms with Crippen LogP contribution in [-0.2, 0) is 24.7 Å². The highest BCUT2D eigenvalue weighted by Crippen LogP contribution is 2.36. The molecule has 1 aromatic carbocycles. The summed E-state index contributed by atoms with van der Waals surface area (Å²) in [6.45, 7) is 0.0111. The van der Waals surface area contributed by atoms with Crippen LogP contribution in [0, 0.1) is 0 Å². The Kier molecular flexibility index (Phi) is 6.28. The van der Waals surface area contributed by atoms with Gasteiger partial charge in [-0.3, -0.25) is 0 Å². The Labute approximate surface area is 172 Å². The van der Waals surface area contributed by atoms with Crippen molar-refractivity contribution in [2.24, 2.45) is 12.2 Å². The van der Waals surface area contributed by atoms with Crippen LogP contribution in [0.1, 0.15) is 16.1 Å². The molecule has 0 aliphatic carbocycles. The molecule has 0 bridgehead atoms. The average molecular weight is 447 g/mol. The molecule has 0 fully saturated rings. The van der Waals surface area contributed by atoms with Gasteiger partial charge in [0.15, 0.2) is 16.8 Å². The molecule has 2 aromatic heterocycles. The van der Waals surface area contributed by atoms with E-state index >= 15 is 0 Å². The van der Waals surface area contributed by atoms with Crippen LogP contribution in [0.5, 0.6) is 17.4 Å². The number of oxime groups is 1. The van der Waals surface area contributed by atoms with Gasteiger partial charge in [0, 0.05) is 13.2 Å². The van der Waals surface area contributed by atoms with Gasteiger partial charge in [-0.15, -0.1) is 11.3 Å². The summed E-state index contributed by atoms with van der Waals surface area (Å²) in [7, 11) is 2.84. The van der Waals surface area contributed by atoms with E-state index in [9.17, 15) is 13.2 Å². The summed E-state index contributed by atoms with van der Waals surface area (Å²) in [6, 6.07) is 6.36. The van der Waals surface area contributed by atoms with Gasteiger partial charge in [0.1, 0.15) is 11.5 Å². The van der Waals surface area contributed by atoms with E-state index in [4.69, 9.17) is 25.9 Å². The summed E-state index contributed by atoms with van der Waals surface area (Å²) in [6.07, 6.45) is -2.30. The molecule has 2 heterocycles. The molecular formula is C17H14ClF3N4O3S. The summed E-state index contributed by atoms with van der Waals surface area (Å²) in [4.78, 5) is 9.56. The van der Waals surface area contributed by atoms with E-state index < -0.39 is 11.9 Å². The third-order valence-electron chi connectivity index (χ3n) is 3.56. The number of alkyl halides is 3. The fraction of sp³-hybridized carbons (Fsp3) is 0.235. The van der Waals surface area contributed by atoms with Crippen molar-refractivity contribution in [3.63, 3.8) is 0 Å². The Morgan fingerprint density at radius 3 is 2.52 bits per heavy atom. The molecule has 3 aromatic rings. The first-order chi connectivity index (χ1) is 13.8. The van der Waals surface area contributed by atoms with Crippen molar-refractivity contribution < 1.29 is 27.5 Å². The van der Waals surface area contributed by atoms with Crippen molar-refractivity contribution in [3.05, 3.63) is 51.1 Å². The molecule has 0 spiro atoms. The summed E-state index contributed by atoms with van der Waals surface area (Å²) in [5.74, 6) is 0.741. The van der Waals surface area contributed by atoms with E-state index in [1.165, 1.54) is 31.7 Å². The number of rotatable bonds is 7. The predicted molar refractivity (Wildman–Crippen MR) is 101 cm³/mol. The van der Waals surface area contributed by atoms with Crippen LogP contribution in [-0.4, -0.2) is 28.1 Å². The molecule has 0 radical (unpaired) electrons. The van der Waals surface area contributed by atoms with Crippen molar-refractivity contribution in [1.82, 2.24) is 14.8 Å². The van der Waals surface area contributed by atoms with Crippen LogP contribution in [0.25, 0.3) is 0 Å². The number of thiazole rings is 1. The Bertz CT molecular complexity index is 1000. The second-order valence-electron chi connectivity index (χ2n) is 5.55. The van der Waals surface area contributed by atoms with Crippen LogP contribution in [0.3, 0.4) is 0 Å². The number of benzene rings is 1. The third kappa shape index (κ3) is 5.18. The summed E-state index contributed by atoms with van der Waals surface area (Å²) in [5.41, 5.74) is -1.50. The molecule has 0 amide bonds. The van der Waals surface area contributed by atoms with Gasteiger partial charge in [-0.1, -0.05) is 16.8 Å². The quantitative estimate of drug-likeness (QED) is 0.381. The van der Waals surface area contributed by atoms with E-state index in [-0.39, 0.29) is 18.1 Å². The molecule has 0 aliphatic rings. The Morgan fingerprint density at radius 2 is 1.93 bits per heavy atom. The van der Waals surface area contributed by atoms with E-state index in [0.29, 0.717) is 20.8 Å². The second kappa shape index (κ2) is 8.70. The molecule has 0 saturated carbocycles. The molecule has 0 saturated heterocycles. The summed E-state index contributed by atoms with van der Waals surface area (Å²) < 4.78 is 52.1. The third-order valence-corrected chi connectivity index (χ3v) is 4.65. The van der Waals surface area contributed by atoms with Crippen molar-refractivity contribution in [1.29, 1.82) is 0 Å². The average Bonchev–Trinajstić information content (AvgIpc) is 3.23. The minimum Gasteiger partial charge on any atom is -0.497 e. The molecule has 154 valence electrons. The first kappa shape index (κ1) is 20.9. The molecule has 0 unspecified atom stereocenters. The predicted octanol–water partition coefficient (Wildman–Crippen LogP) is 4.90. The Morgan fingerprint density at radius 1 is 1.24 bits per heavy atom. The van der Waals surface area contributed by atoms with Gasteiger partial charge in [-0.2, -0.15) is 18.3 Å². The smallest absolute Gasteiger partial charge is 0.435 e. The van der Waals surface area contributed by atoms with E-state index in [0.717, 1.165) is 10.9 Å². The molecule has 3 rings (SSSR count). The monoisotopic (exact) mass is 446 g/mol. The lowest BCUT2D eigenvalue weighted by Crippen LogP contribution is -2.09. The zero-order chi connectivity index (χ0) is 21.0. The lowest BCUT2D eigenvalue weighted by atomic mass is 10.2. The zero-order valence-corrected chi connectivity index (χ0v) is 16.7. The van der Waals surface area contributed by atoms with Crippen LogP contribution < -0.4 is 9.47 Å². The first-order valence-corrected chi connectivity index (χ1v) is 9.19. The first-order valence-electron chi connectivity index (χ1n) is 7.99. The fourth-order valence-corrected chi connectivity index (χ4v) is 3.15. The standard InChI is InChI=1S/C17H14ClF3N4O3S/c1-25-15(28-11-5-3-10(26-2)4-6-11)13(14(24-25)17(19,20)21)8-23-27-9-12-7-22-16(18)29-12/h3-8H,9H2,1-2H3/b23-8+. The molecule has 7 nitrogen and oxygen atoms in total. The number of hydrogen-bond donors (Lipinski definition) is 0. The molecule has 0 atom stereocenters. The second-order valence-corrected chi connectivity index (χ2v) is 7.25. The Balaban J connectivity index is 1.84. The minimum absolute atomic E-state index is 0.0111. The van der Waals surface area contributed by atoms with Crippen LogP contribution in [0.2, 0.25) is 4.47 Å². The summed E-state index contributed by atoms with van der Waals surface area (Å²) >= 11 is 6.89. The number of aryl methyl sites for hydroxylation is 1. The van der Waals surface area contributed by atoms with Crippen molar-refractivity contribution in [2.75, 3.05) is 7.11 Å². The minimum atomic E-state index is -4.70. The van der Waals surface area contributed by atoms with E-state index in [2.05, 4.69) is 15.2 Å². The van der Waals surface area contributed by atoms with Gasteiger partial charge in [-0.25, -0.2) is 9.67 Å². The van der Waals surface area contributed by atoms with Gasteiger partial charge in [0.05, 0.1) is 23.8 Å². The topological polar surface area (TPSA) is 70.8 Å². The van der Waals surface area contributed by atoms with Gasteiger partial charge >= 0.3 is 6.18 Å². The van der Waals surface area contributed by atoms with Crippen LogP contribution in [0.15, 0.2) is 35.6 Å². The highest BCUT2D eigenvalue weighted by molar-refractivity contribution is 7.15. The molecule has 29 heavy (non-hydrogen) atoms. The number of halogens is 4. The maximum Gasteiger partial charge on any atom is 0.435 e. The van der Waals surface area contributed by atoms with Gasteiger partial charge in [0.25, 0.3) is 0 Å². The molecule has 12 heteroatoms. The van der Waals surface area contributed by atoms with Gasteiger partial charge in [0.2, 0.25) is 5.88 Å². The number of ether oxygens (including phenoxy) is 2. The van der Waals surface area contributed by atoms with E-state index in [1.807, 2.05) is 0 Å². The summed E-state index contributed by atoms with van der Waals surface area (Å²) in [5, 5.41) is 7.14. The highest BCUT2D eigenvalue weighted by atomic mass is 35.5. The molecule has 0 N–H and O–H groups in total. The number of nitrogens with zero attached hydrogens (tertiary/aromatic N) is 4. The lowest BCUT2D eigenvalue weighted by molar-refractivity contribution is -0.141. The number of hydrogen-bond acceptors (Lipinski definition) is 7. The molecular weight excluding hydrogens is 433 g/mol. The largest absolute Gasteiger partial charge is 0.497 e. The maximum atomic E-state index is 13.4. The van der Waals surface area contributed by atoms with Crippen LogP contribution in [0.4, 0.5) is 13.2 Å². The Hall–Kier alpha value is -2.79. The van der Waals surface area contributed by atoms with Gasteiger partial charge < -0.3 is 14.3 Å². The number of methoxy groups -OCH3 is 1. The maximum absolute atomic E-state index is 13.4.